The fourth-order valence-electron chi connectivity index (χ4n) is 2.24. The molecular formula is C15H19LiSi2. The molecular weight excluding hydrogens is 243 g/mol. The van der Waals surface area contributed by atoms with E-state index in [4.69, 9.17) is 0 Å². The van der Waals surface area contributed by atoms with Gasteiger partial charge in [-0.1, -0.05) is 87.9 Å². The summed E-state index contributed by atoms with van der Waals surface area (Å²) in [4.78, 5) is 0. The van der Waals surface area contributed by atoms with E-state index in [0.29, 0.717) is 0 Å². The largest absolute Gasteiger partial charge is 1.00 e. The fraction of sp³-hybridized carbons (Fsp3) is 0.200. The minimum Gasteiger partial charge on any atom is -0.250 e. The molecule has 0 heterocycles. The van der Waals surface area contributed by atoms with Crippen molar-refractivity contribution in [3.8, 4) is 0 Å². The van der Waals surface area contributed by atoms with Gasteiger partial charge in [0, 0.05) is 0 Å². The van der Waals surface area contributed by atoms with Crippen molar-refractivity contribution in [2.24, 2.45) is 0 Å². The van der Waals surface area contributed by atoms with Crippen LogP contribution in [0, 0.1) is 0 Å². The van der Waals surface area contributed by atoms with Crippen molar-refractivity contribution >= 4 is 26.3 Å². The SMILES string of the molecule is C[Si](C)(C)[Si-](c1ccccc1)c1ccccc1.[Li+]. The van der Waals surface area contributed by atoms with Crippen LogP contribution in [-0.2, 0) is 0 Å². The third kappa shape index (κ3) is 3.73. The molecule has 0 aliphatic rings. The van der Waals surface area contributed by atoms with E-state index in [2.05, 4.69) is 80.3 Å². The molecule has 0 N–H and O–H groups in total. The smallest absolute Gasteiger partial charge is 0.250 e. The molecule has 0 aromatic heterocycles. The average molecular weight is 262 g/mol. The monoisotopic (exact) mass is 262 g/mol. The summed E-state index contributed by atoms with van der Waals surface area (Å²) in [6.45, 7) is 7.46. The van der Waals surface area contributed by atoms with Gasteiger partial charge >= 0.3 is 18.9 Å². The summed E-state index contributed by atoms with van der Waals surface area (Å²) in [6.07, 6.45) is 0. The summed E-state index contributed by atoms with van der Waals surface area (Å²) >= 11 is 0. The Balaban J connectivity index is 0.00000162. The van der Waals surface area contributed by atoms with Crippen molar-refractivity contribution in [2.75, 3.05) is 0 Å². The maximum absolute atomic E-state index is 2.49. The molecule has 0 saturated carbocycles. The molecule has 88 valence electrons. The molecule has 3 heteroatoms. The Labute approximate surface area is 125 Å². The van der Waals surface area contributed by atoms with Crippen LogP contribution >= 0.6 is 0 Å². The first-order valence-electron chi connectivity index (χ1n) is 6.07. The van der Waals surface area contributed by atoms with Crippen molar-refractivity contribution < 1.29 is 18.9 Å². The predicted octanol–water partition coefficient (Wildman–Crippen LogP) is -0.284. The number of rotatable bonds is 3. The first-order valence-corrected chi connectivity index (χ1v) is 12.1. The van der Waals surface area contributed by atoms with Crippen molar-refractivity contribution in [1.29, 1.82) is 0 Å². The first-order chi connectivity index (χ1) is 8.09. The molecule has 2 aromatic carbocycles. The minimum atomic E-state index is -1.17. The molecule has 0 aliphatic carbocycles. The molecule has 0 fully saturated rings. The maximum Gasteiger partial charge on any atom is 1.00 e. The van der Waals surface area contributed by atoms with Crippen molar-refractivity contribution in [2.45, 2.75) is 19.6 Å². The Bertz CT molecular complexity index is 423. The summed E-state index contributed by atoms with van der Waals surface area (Å²) in [5.74, 6) is 0. The Hall–Kier alpha value is -0.529. The third-order valence-electron chi connectivity index (χ3n) is 2.87. The predicted molar refractivity (Wildman–Crippen MR) is 81.3 cm³/mol. The molecule has 0 atom stereocenters. The summed E-state index contributed by atoms with van der Waals surface area (Å²) in [6, 6.07) is 22.1. The molecule has 0 spiro atoms. The second-order valence-corrected chi connectivity index (χ2v) is 17.8. The van der Waals surface area contributed by atoms with Crippen LogP contribution in [-0.4, -0.2) is 15.9 Å². The zero-order valence-corrected chi connectivity index (χ0v) is 13.8. The molecule has 0 aliphatic heterocycles. The van der Waals surface area contributed by atoms with Gasteiger partial charge in [0.2, 0.25) is 0 Å². The normalized spacial score (nSPS) is 10.6. The van der Waals surface area contributed by atoms with Crippen LogP contribution in [0.2, 0.25) is 19.6 Å². The molecule has 0 bridgehead atoms. The van der Waals surface area contributed by atoms with Crippen molar-refractivity contribution in [1.82, 2.24) is 0 Å². The molecule has 2 aromatic rings. The van der Waals surface area contributed by atoms with E-state index >= 15 is 0 Å². The Morgan fingerprint density at radius 3 is 1.28 bits per heavy atom. The molecule has 0 unspecified atom stereocenters. The van der Waals surface area contributed by atoms with Crippen LogP contribution < -0.4 is 29.2 Å². The van der Waals surface area contributed by atoms with E-state index in [-0.39, 0.29) is 18.9 Å². The van der Waals surface area contributed by atoms with E-state index < -0.39 is 15.9 Å². The fourth-order valence-corrected chi connectivity index (χ4v) is 11.6. The van der Waals surface area contributed by atoms with Gasteiger partial charge in [0.25, 0.3) is 0 Å². The zero-order chi connectivity index (χ0) is 12.3. The summed E-state index contributed by atoms with van der Waals surface area (Å²) in [5, 5.41) is 3.12. The second-order valence-electron chi connectivity index (χ2n) is 5.36. The molecule has 0 nitrogen and oxygen atoms in total. The number of hydrogen-bond acceptors (Lipinski definition) is 0. The standard InChI is InChI=1S/C15H19Si2.Li/c1-17(2,3)16(14-10-6-4-7-11-14)15-12-8-5-9-13-15;/h4-13H,1-3H3;/q-1;+1. The van der Waals surface area contributed by atoms with Crippen LogP contribution in [0.1, 0.15) is 0 Å². The van der Waals surface area contributed by atoms with E-state index in [1.54, 1.807) is 10.4 Å². The maximum atomic E-state index is 2.49. The Morgan fingerprint density at radius 2 is 1.00 bits per heavy atom. The van der Waals surface area contributed by atoms with Gasteiger partial charge in [0.15, 0.2) is 0 Å². The van der Waals surface area contributed by atoms with Crippen LogP contribution in [0.3, 0.4) is 0 Å². The van der Waals surface area contributed by atoms with E-state index in [0.717, 1.165) is 0 Å². The van der Waals surface area contributed by atoms with Crippen LogP contribution in [0.5, 0.6) is 0 Å². The Kier molecular flexibility index (Phi) is 5.68. The third-order valence-corrected chi connectivity index (χ3v) is 12.4. The minimum absolute atomic E-state index is 0. The second kappa shape index (κ2) is 6.58. The quantitative estimate of drug-likeness (QED) is 0.667. The van der Waals surface area contributed by atoms with E-state index in [9.17, 15) is 0 Å². The van der Waals surface area contributed by atoms with Gasteiger partial charge in [-0.15, -0.1) is 0 Å². The van der Waals surface area contributed by atoms with Gasteiger partial charge < -0.3 is 0 Å². The van der Waals surface area contributed by atoms with Gasteiger partial charge in [-0.05, 0) is 0 Å². The van der Waals surface area contributed by atoms with E-state index in [1.165, 1.54) is 0 Å². The van der Waals surface area contributed by atoms with E-state index in [1.807, 2.05) is 0 Å². The van der Waals surface area contributed by atoms with Crippen LogP contribution in [0.15, 0.2) is 60.7 Å². The number of hydrogen-bond donors (Lipinski definition) is 0. The summed E-state index contributed by atoms with van der Waals surface area (Å²) in [7, 11) is -1.74. The van der Waals surface area contributed by atoms with Crippen LogP contribution in [0.4, 0.5) is 0 Å². The summed E-state index contributed by atoms with van der Waals surface area (Å²) < 4.78 is 0. The molecule has 0 amide bonds. The van der Waals surface area contributed by atoms with Crippen molar-refractivity contribution in [3.63, 3.8) is 0 Å². The van der Waals surface area contributed by atoms with Gasteiger partial charge in [0.05, 0.1) is 0 Å². The van der Waals surface area contributed by atoms with Gasteiger partial charge in [-0.2, -0.15) is 10.4 Å². The van der Waals surface area contributed by atoms with Gasteiger partial charge in [0.1, 0.15) is 0 Å². The molecule has 0 saturated heterocycles. The van der Waals surface area contributed by atoms with Crippen molar-refractivity contribution in [3.05, 3.63) is 60.7 Å². The topological polar surface area (TPSA) is 0 Å². The van der Waals surface area contributed by atoms with Gasteiger partial charge in [-0.3, -0.25) is 8.31 Å². The molecule has 0 radical (unpaired) electrons. The zero-order valence-electron chi connectivity index (χ0n) is 11.8. The number of benzene rings is 2. The Morgan fingerprint density at radius 1 is 0.667 bits per heavy atom. The van der Waals surface area contributed by atoms with Crippen LogP contribution in [0.25, 0.3) is 0 Å². The average Bonchev–Trinajstić information content (AvgIpc) is 2.30. The molecule has 18 heavy (non-hydrogen) atoms. The molecule has 2 rings (SSSR count). The summed E-state index contributed by atoms with van der Waals surface area (Å²) in [5.41, 5.74) is 0. The van der Waals surface area contributed by atoms with Gasteiger partial charge in [-0.25, -0.2) is 0 Å². The first kappa shape index (κ1) is 15.5.